The van der Waals surface area contributed by atoms with Crippen molar-refractivity contribution < 1.29 is 17.7 Å². The van der Waals surface area contributed by atoms with Crippen molar-refractivity contribution in [1.29, 1.82) is 0 Å². The van der Waals surface area contributed by atoms with Crippen LogP contribution in [-0.2, 0) is 0 Å². The molecule has 0 amide bonds. The Morgan fingerprint density at radius 2 is 1.88 bits per heavy atom. The fraction of sp³-hybridized carbons (Fsp3) is 0.455. The van der Waals surface area contributed by atoms with Crippen molar-refractivity contribution >= 4 is 12.4 Å². The van der Waals surface area contributed by atoms with Crippen molar-refractivity contribution in [2.24, 2.45) is 0 Å². The third-order valence-corrected chi connectivity index (χ3v) is 2.40. The van der Waals surface area contributed by atoms with E-state index in [0.29, 0.717) is 12.4 Å². The van der Waals surface area contributed by atoms with E-state index < -0.39 is 12.4 Å². The monoisotopic (exact) mass is 246 g/mol. The smallest absolute Gasteiger partial charge is 0.492 e. The summed E-state index contributed by atoms with van der Waals surface area (Å²) in [4.78, 5) is 1.94. The Balaban J connectivity index is 2.69. The van der Waals surface area contributed by atoms with Crippen molar-refractivity contribution in [3.63, 3.8) is 0 Å². The molecule has 0 radical (unpaired) electrons. The lowest BCUT2D eigenvalue weighted by Gasteiger charge is -2.19. The molecule has 0 saturated heterocycles. The lowest BCUT2D eigenvalue weighted by Crippen LogP contribution is -2.35. The van der Waals surface area contributed by atoms with Crippen LogP contribution in [0, 0.1) is 6.92 Å². The molecule has 0 bridgehead atoms. The van der Waals surface area contributed by atoms with Gasteiger partial charge >= 0.3 is 6.98 Å². The Labute approximate surface area is 99.4 Å². The number of hydrogen-bond donors (Lipinski definition) is 0. The first-order chi connectivity index (χ1) is 7.80. The van der Waals surface area contributed by atoms with Gasteiger partial charge in [0.1, 0.15) is 12.4 Å². The van der Waals surface area contributed by atoms with E-state index in [9.17, 15) is 12.9 Å². The summed E-state index contributed by atoms with van der Waals surface area (Å²) in [7, 11) is 3.81. The van der Waals surface area contributed by atoms with E-state index >= 15 is 0 Å². The molecule has 2 nitrogen and oxygen atoms in total. The molecule has 17 heavy (non-hydrogen) atoms. The van der Waals surface area contributed by atoms with Gasteiger partial charge in [-0.25, -0.2) is 0 Å². The van der Waals surface area contributed by atoms with Gasteiger partial charge in [-0.1, -0.05) is 11.6 Å². The Kier molecular flexibility index (Phi) is 4.45. The van der Waals surface area contributed by atoms with Crippen LogP contribution in [0.4, 0.5) is 12.9 Å². The number of benzene rings is 1. The van der Waals surface area contributed by atoms with Crippen LogP contribution in [0.1, 0.15) is 5.56 Å². The van der Waals surface area contributed by atoms with Gasteiger partial charge in [-0.15, -0.1) is 5.46 Å². The number of halogens is 3. The number of likely N-dealkylation sites (N-methyl/N-ethyl adjacent to an activating group) is 1. The lowest BCUT2D eigenvalue weighted by molar-refractivity contribution is 0.261. The van der Waals surface area contributed by atoms with E-state index in [0.717, 1.165) is 12.6 Å². The van der Waals surface area contributed by atoms with Crippen LogP contribution < -0.4 is 10.2 Å². The molecule has 1 rings (SSSR count). The molecular weight excluding hydrogens is 230 g/mol. The Hall–Kier alpha value is -1.17. The molecule has 0 saturated carbocycles. The predicted molar refractivity (Wildman–Crippen MR) is 63.9 cm³/mol. The summed E-state index contributed by atoms with van der Waals surface area (Å²) in [5.41, 5.74) is -0.343. The fourth-order valence-electron chi connectivity index (χ4n) is 1.45. The van der Waals surface area contributed by atoms with E-state index in [1.165, 1.54) is 19.1 Å². The van der Waals surface area contributed by atoms with Gasteiger partial charge in [0.15, 0.2) is 0 Å². The molecule has 0 aliphatic rings. The zero-order chi connectivity index (χ0) is 13.1. The largest absolute Gasteiger partial charge is 0.509 e. The second-order valence-corrected chi connectivity index (χ2v) is 4.24. The second kappa shape index (κ2) is 5.45. The van der Waals surface area contributed by atoms with Gasteiger partial charge in [0.25, 0.3) is 0 Å². The highest BCUT2D eigenvalue weighted by Crippen LogP contribution is 2.17. The number of nitrogens with zero attached hydrogens (tertiary/aromatic N) is 1. The van der Waals surface area contributed by atoms with Crippen LogP contribution in [0.25, 0.3) is 0 Å². The van der Waals surface area contributed by atoms with E-state index in [1.807, 2.05) is 19.0 Å². The van der Waals surface area contributed by atoms with Gasteiger partial charge in [-0.2, -0.15) is 0 Å². The third kappa shape index (κ3) is 4.30. The molecule has 0 spiro atoms. The zero-order valence-corrected chi connectivity index (χ0v) is 10.2. The number of hydrogen-bond acceptors (Lipinski definition) is 2. The molecule has 0 unspecified atom stereocenters. The lowest BCUT2D eigenvalue weighted by atomic mass is 9.77. The van der Waals surface area contributed by atoms with Crippen LogP contribution in [-0.4, -0.2) is 39.1 Å². The first kappa shape index (κ1) is 13.9. The molecule has 0 atom stereocenters. The van der Waals surface area contributed by atoms with Crippen LogP contribution >= 0.6 is 0 Å². The summed E-state index contributed by atoms with van der Waals surface area (Å²) >= 11 is 0. The molecule has 6 heteroatoms. The van der Waals surface area contributed by atoms with Crippen molar-refractivity contribution in [1.82, 2.24) is 4.90 Å². The quantitative estimate of drug-likeness (QED) is 0.736. The highest BCUT2D eigenvalue weighted by Gasteiger charge is 2.27. The van der Waals surface area contributed by atoms with E-state index in [4.69, 9.17) is 4.74 Å². The minimum atomic E-state index is -4.94. The SMILES string of the molecule is Cc1cc(OCCN(C)C)ccc1[B-](F)(F)F. The first-order valence-electron chi connectivity index (χ1n) is 5.38. The van der Waals surface area contributed by atoms with E-state index in [2.05, 4.69) is 0 Å². The molecule has 96 valence electrons. The van der Waals surface area contributed by atoms with Crippen molar-refractivity contribution in [3.8, 4) is 5.75 Å². The molecule has 0 aliphatic heterocycles. The maximum atomic E-state index is 12.6. The van der Waals surface area contributed by atoms with Gasteiger partial charge in [0.2, 0.25) is 0 Å². The average molecular weight is 246 g/mol. The standard InChI is InChI=1S/C11H16BF3NO/c1-9-8-10(17-7-6-16(2)3)4-5-11(9)12(13,14)15/h4-5,8H,6-7H2,1-3H3/q-1. The maximum absolute atomic E-state index is 12.6. The summed E-state index contributed by atoms with van der Waals surface area (Å²) in [6.45, 7) is -2.30. The van der Waals surface area contributed by atoms with Gasteiger partial charge in [0.05, 0.1) is 0 Å². The molecule has 1 aromatic rings. The van der Waals surface area contributed by atoms with Crippen LogP contribution in [0.15, 0.2) is 18.2 Å². The zero-order valence-electron chi connectivity index (χ0n) is 10.2. The topological polar surface area (TPSA) is 12.5 Å². The Bertz CT molecular complexity index is 379. The number of aryl methyl sites for hydroxylation is 1. The normalized spacial score (nSPS) is 11.9. The second-order valence-electron chi connectivity index (χ2n) is 4.24. The molecule has 1 aromatic carbocycles. The first-order valence-corrected chi connectivity index (χ1v) is 5.38. The molecule has 0 N–H and O–H groups in total. The van der Waals surface area contributed by atoms with Gasteiger partial charge in [-0.05, 0) is 33.2 Å². The maximum Gasteiger partial charge on any atom is 0.509 e. The Morgan fingerprint density at radius 1 is 1.24 bits per heavy atom. The van der Waals surface area contributed by atoms with Crippen molar-refractivity contribution in [3.05, 3.63) is 23.8 Å². The molecule has 0 fully saturated rings. The summed E-state index contributed by atoms with van der Waals surface area (Å²) in [5.74, 6) is 0.480. The molecule has 0 aromatic heterocycles. The highest BCUT2D eigenvalue weighted by molar-refractivity contribution is 6.74. The number of rotatable bonds is 5. The summed E-state index contributed by atoms with van der Waals surface area (Å²) < 4.78 is 43.0. The van der Waals surface area contributed by atoms with Gasteiger partial charge in [0, 0.05) is 6.54 Å². The summed E-state index contributed by atoms with van der Waals surface area (Å²) in [6, 6.07) is 3.88. The van der Waals surface area contributed by atoms with Crippen LogP contribution in [0.5, 0.6) is 5.75 Å². The predicted octanol–water partition coefficient (Wildman–Crippen LogP) is 1.99. The summed E-state index contributed by atoms with van der Waals surface area (Å²) in [5, 5.41) is 0. The molecule has 0 aliphatic carbocycles. The van der Waals surface area contributed by atoms with Crippen molar-refractivity contribution in [2.45, 2.75) is 6.92 Å². The van der Waals surface area contributed by atoms with Gasteiger partial charge < -0.3 is 22.6 Å². The van der Waals surface area contributed by atoms with Crippen LogP contribution in [0.3, 0.4) is 0 Å². The van der Waals surface area contributed by atoms with E-state index in [1.54, 1.807) is 0 Å². The Morgan fingerprint density at radius 3 is 2.35 bits per heavy atom. The number of ether oxygens (including phenoxy) is 1. The molecular formula is C11H16BF3NO-. The fourth-order valence-corrected chi connectivity index (χ4v) is 1.45. The minimum absolute atomic E-state index is 0.208. The average Bonchev–Trinajstić information content (AvgIpc) is 2.14. The van der Waals surface area contributed by atoms with Crippen molar-refractivity contribution in [2.75, 3.05) is 27.2 Å². The minimum Gasteiger partial charge on any atom is -0.492 e. The van der Waals surface area contributed by atoms with Gasteiger partial charge in [-0.3, -0.25) is 0 Å². The van der Waals surface area contributed by atoms with Crippen LogP contribution in [0.2, 0.25) is 0 Å². The molecule has 0 heterocycles. The third-order valence-electron chi connectivity index (χ3n) is 2.40. The highest BCUT2D eigenvalue weighted by atomic mass is 19.4. The van der Waals surface area contributed by atoms with E-state index in [-0.39, 0.29) is 5.56 Å². The summed E-state index contributed by atoms with van der Waals surface area (Å²) in [6.07, 6.45) is 0.